The highest BCUT2D eigenvalue weighted by Crippen LogP contribution is 2.24. The average Bonchev–Trinajstić information content (AvgIpc) is 3.34. The third kappa shape index (κ3) is 4.71. The number of rotatable bonds is 7. The highest BCUT2D eigenvalue weighted by atomic mass is 35.5. The molecule has 0 aliphatic rings. The molecule has 0 aliphatic heterocycles. The number of thiophene rings is 1. The third-order valence-corrected chi connectivity index (χ3v) is 5.31. The van der Waals surface area contributed by atoms with E-state index in [1.165, 1.54) is 17.6 Å². The Hall–Kier alpha value is -2.83. The molecule has 0 aliphatic carbocycles. The predicted molar refractivity (Wildman–Crippen MR) is 112 cm³/mol. The number of carbonyl (C=O) groups is 2. The molecule has 3 rings (SSSR count). The molecule has 2 aromatic heterocycles. The lowest BCUT2D eigenvalue weighted by Gasteiger charge is -2.21. The van der Waals surface area contributed by atoms with Crippen molar-refractivity contribution < 1.29 is 14.0 Å². The van der Waals surface area contributed by atoms with Crippen LogP contribution >= 0.6 is 22.9 Å². The Morgan fingerprint density at radius 2 is 2.11 bits per heavy atom. The van der Waals surface area contributed by atoms with Crippen LogP contribution in [0, 0.1) is 6.92 Å². The van der Waals surface area contributed by atoms with Gasteiger partial charge in [-0.1, -0.05) is 23.7 Å². The van der Waals surface area contributed by atoms with E-state index >= 15 is 0 Å². The number of furan rings is 1. The zero-order chi connectivity index (χ0) is 20.1. The van der Waals surface area contributed by atoms with Crippen molar-refractivity contribution in [1.82, 2.24) is 4.90 Å². The summed E-state index contributed by atoms with van der Waals surface area (Å²) < 4.78 is 5.80. The third-order valence-electron chi connectivity index (χ3n) is 4.09. The minimum atomic E-state index is -0.367. The Labute approximate surface area is 172 Å². The number of nitrogens with one attached hydrogen (secondary N) is 1. The van der Waals surface area contributed by atoms with Crippen LogP contribution in [0.5, 0.6) is 0 Å². The molecule has 1 aromatic carbocycles. The van der Waals surface area contributed by atoms with Crippen LogP contribution in [0.3, 0.4) is 0 Å². The molecule has 0 saturated carbocycles. The Morgan fingerprint density at radius 1 is 1.29 bits per heavy atom. The summed E-state index contributed by atoms with van der Waals surface area (Å²) in [5, 5.41) is 2.79. The lowest BCUT2D eigenvalue weighted by Crippen LogP contribution is -2.30. The van der Waals surface area contributed by atoms with Crippen LogP contribution in [0.15, 0.2) is 65.8 Å². The highest BCUT2D eigenvalue weighted by molar-refractivity contribution is 7.16. The van der Waals surface area contributed by atoms with E-state index in [1.807, 2.05) is 19.1 Å². The van der Waals surface area contributed by atoms with Crippen LogP contribution in [-0.2, 0) is 6.54 Å². The van der Waals surface area contributed by atoms with E-state index in [9.17, 15) is 9.59 Å². The van der Waals surface area contributed by atoms with Gasteiger partial charge in [0.25, 0.3) is 11.8 Å². The summed E-state index contributed by atoms with van der Waals surface area (Å²) in [5.74, 6) is -0.314. The normalized spacial score (nSPS) is 10.5. The Bertz CT molecular complexity index is 995. The van der Waals surface area contributed by atoms with Crippen LogP contribution in [0.25, 0.3) is 0 Å². The summed E-state index contributed by atoms with van der Waals surface area (Å²) in [6, 6.07) is 12.2. The first-order chi connectivity index (χ1) is 13.5. The molecule has 0 bridgehead atoms. The van der Waals surface area contributed by atoms with Crippen molar-refractivity contribution in [3.05, 3.63) is 87.5 Å². The van der Waals surface area contributed by atoms with Crippen molar-refractivity contribution in [2.45, 2.75) is 13.5 Å². The fourth-order valence-corrected chi connectivity index (χ4v) is 3.77. The van der Waals surface area contributed by atoms with Crippen LogP contribution in [0.4, 0.5) is 5.69 Å². The maximum Gasteiger partial charge on any atom is 0.291 e. The molecule has 5 nitrogen and oxygen atoms in total. The monoisotopic (exact) mass is 414 g/mol. The summed E-state index contributed by atoms with van der Waals surface area (Å²) in [5.41, 5.74) is 1.88. The minimum absolute atomic E-state index is 0.155. The van der Waals surface area contributed by atoms with Crippen LogP contribution < -0.4 is 5.32 Å². The molecule has 1 N–H and O–H groups in total. The molecule has 2 heterocycles. The number of carbonyl (C=O) groups excluding carboxylic acids is 2. The zero-order valence-electron chi connectivity index (χ0n) is 15.3. The molecule has 3 aromatic rings. The number of halogens is 1. The fourth-order valence-electron chi connectivity index (χ4n) is 2.66. The molecule has 0 atom stereocenters. The van der Waals surface area contributed by atoms with Crippen molar-refractivity contribution in [1.29, 1.82) is 0 Å². The maximum absolute atomic E-state index is 13.0. The van der Waals surface area contributed by atoms with Crippen molar-refractivity contribution >= 4 is 40.4 Å². The van der Waals surface area contributed by atoms with Crippen molar-refractivity contribution in [3.63, 3.8) is 0 Å². The fraction of sp³-hybridized carbons (Fsp3) is 0.143. The van der Waals surface area contributed by atoms with Gasteiger partial charge in [-0.15, -0.1) is 17.9 Å². The zero-order valence-corrected chi connectivity index (χ0v) is 16.8. The second-order valence-electron chi connectivity index (χ2n) is 6.14. The van der Waals surface area contributed by atoms with Gasteiger partial charge in [0.05, 0.1) is 17.1 Å². The topological polar surface area (TPSA) is 62.6 Å². The Morgan fingerprint density at radius 3 is 2.75 bits per heavy atom. The predicted octanol–water partition coefficient (Wildman–Crippen LogP) is 5.38. The maximum atomic E-state index is 13.0. The Kier molecular flexibility index (Phi) is 6.34. The summed E-state index contributed by atoms with van der Waals surface area (Å²) in [7, 11) is 0. The molecule has 0 radical (unpaired) electrons. The molecule has 7 heteroatoms. The van der Waals surface area contributed by atoms with Crippen molar-refractivity contribution in [2.24, 2.45) is 0 Å². The summed E-state index contributed by atoms with van der Waals surface area (Å²) in [6.07, 6.45) is 3.12. The van der Waals surface area contributed by atoms with Gasteiger partial charge in [-0.2, -0.15) is 0 Å². The molecule has 0 fully saturated rings. The van der Waals surface area contributed by atoms with Crippen LogP contribution in [-0.4, -0.2) is 23.3 Å². The smallest absolute Gasteiger partial charge is 0.291 e. The van der Waals surface area contributed by atoms with Gasteiger partial charge in [0.2, 0.25) is 0 Å². The number of amides is 2. The molecule has 0 unspecified atom stereocenters. The van der Waals surface area contributed by atoms with Gasteiger partial charge in [-0.05, 0) is 48.9 Å². The molecule has 0 spiro atoms. The first-order valence-electron chi connectivity index (χ1n) is 8.58. The number of nitrogens with zero attached hydrogens (tertiary/aromatic N) is 1. The summed E-state index contributed by atoms with van der Waals surface area (Å²) >= 11 is 7.43. The van der Waals surface area contributed by atoms with E-state index < -0.39 is 0 Å². The molecular formula is C21H19ClN2O3S. The van der Waals surface area contributed by atoms with Crippen LogP contribution in [0.2, 0.25) is 4.34 Å². The van der Waals surface area contributed by atoms with Crippen molar-refractivity contribution in [3.8, 4) is 0 Å². The summed E-state index contributed by atoms with van der Waals surface area (Å²) in [6.45, 7) is 6.44. The first-order valence-corrected chi connectivity index (χ1v) is 9.77. The van der Waals surface area contributed by atoms with Crippen LogP contribution in [0.1, 0.15) is 31.4 Å². The van der Waals surface area contributed by atoms with E-state index in [0.29, 0.717) is 28.7 Å². The molecular weight excluding hydrogens is 396 g/mol. The standard InChI is InChI=1S/C21H19ClN2O3S/c1-3-10-24(13-16-8-9-19(22)28-16)21(26)15-7-6-14(2)17(12-15)23-20(25)18-5-4-11-27-18/h3-9,11-12H,1,10,13H2,2H3,(H,23,25). The van der Waals surface area contributed by atoms with E-state index in [1.54, 1.807) is 41.3 Å². The van der Waals surface area contributed by atoms with Gasteiger partial charge in [0, 0.05) is 22.7 Å². The number of anilines is 1. The lowest BCUT2D eigenvalue weighted by molar-refractivity contribution is 0.0764. The quantitative estimate of drug-likeness (QED) is 0.527. The lowest BCUT2D eigenvalue weighted by atomic mass is 10.1. The second-order valence-corrected chi connectivity index (χ2v) is 7.94. The minimum Gasteiger partial charge on any atom is -0.459 e. The molecule has 144 valence electrons. The highest BCUT2D eigenvalue weighted by Gasteiger charge is 2.18. The number of benzene rings is 1. The largest absolute Gasteiger partial charge is 0.459 e. The van der Waals surface area contributed by atoms with E-state index in [-0.39, 0.29) is 17.6 Å². The van der Waals surface area contributed by atoms with Gasteiger partial charge < -0.3 is 14.6 Å². The SMILES string of the molecule is C=CCN(Cc1ccc(Cl)s1)C(=O)c1ccc(C)c(NC(=O)c2ccco2)c1. The van der Waals surface area contributed by atoms with Gasteiger partial charge in [0.15, 0.2) is 5.76 Å². The van der Waals surface area contributed by atoms with Gasteiger partial charge in [-0.3, -0.25) is 9.59 Å². The molecule has 0 saturated heterocycles. The van der Waals surface area contributed by atoms with E-state index in [0.717, 1.165) is 10.4 Å². The molecule has 2 amide bonds. The average molecular weight is 415 g/mol. The van der Waals surface area contributed by atoms with Crippen molar-refractivity contribution in [2.75, 3.05) is 11.9 Å². The number of hydrogen-bond acceptors (Lipinski definition) is 4. The number of hydrogen-bond donors (Lipinski definition) is 1. The van der Waals surface area contributed by atoms with E-state index in [2.05, 4.69) is 11.9 Å². The van der Waals surface area contributed by atoms with E-state index in [4.69, 9.17) is 16.0 Å². The Balaban J connectivity index is 1.81. The molecule has 28 heavy (non-hydrogen) atoms. The van der Waals surface area contributed by atoms with Gasteiger partial charge in [0.1, 0.15) is 0 Å². The summed E-state index contributed by atoms with van der Waals surface area (Å²) in [4.78, 5) is 28.0. The second kappa shape index (κ2) is 8.91. The van der Waals surface area contributed by atoms with Gasteiger partial charge in [-0.25, -0.2) is 0 Å². The van der Waals surface area contributed by atoms with Gasteiger partial charge >= 0.3 is 0 Å². The number of aryl methyl sites for hydroxylation is 1. The first kappa shape index (κ1) is 19.9.